The molecule has 0 bridgehead atoms. The highest BCUT2D eigenvalue weighted by molar-refractivity contribution is 5.87. The molecule has 0 aliphatic heterocycles. The number of hydrogen-bond donors (Lipinski definition) is 7. The third-order valence-electron chi connectivity index (χ3n) is 7.55. The lowest BCUT2D eigenvalue weighted by atomic mass is 10.0. The Morgan fingerprint density at radius 3 is 0.979 bits per heavy atom. The van der Waals surface area contributed by atoms with Gasteiger partial charge in [0.1, 0.15) is 23.9 Å². The molecule has 0 rings (SSSR count). The summed E-state index contributed by atoms with van der Waals surface area (Å²) < 4.78 is 0. The molecule has 47 heavy (non-hydrogen) atoms. The lowest BCUT2D eigenvalue weighted by Gasteiger charge is -2.18. The van der Waals surface area contributed by atoms with Crippen LogP contribution in [-0.2, 0) is 38.4 Å². The largest absolute Gasteiger partial charge is 0.481 e. The molecule has 0 saturated carbocycles. The Morgan fingerprint density at radius 1 is 0.404 bits per heavy atom. The monoisotopic (exact) mass is 671 g/mol. The van der Waals surface area contributed by atoms with Crippen LogP contribution in [0.4, 0.5) is 0 Å². The Hall–Kier alpha value is -4.04. The highest BCUT2D eigenvalue weighted by atomic mass is 16.4. The Labute approximate surface area is 275 Å². The average molecular weight is 672 g/mol. The highest BCUT2D eigenvalue weighted by Gasteiger charge is 2.26. The van der Waals surface area contributed by atoms with E-state index in [2.05, 4.69) is 16.0 Å². The number of hydrogen-bond acceptors (Lipinski definition) is 8. The van der Waals surface area contributed by atoms with Crippen molar-refractivity contribution in [2.45, 2.75) is 153 Å². The fraction of sp³-hybridized carbons (Fsp3) is 0.750. The molecule has 1 unspecified atom stereocenters. The minimum absolute atomic E-state index is 0.0633. The smallest absolute Gasteiger partial charge is 0.326 e. The van der Waals surface area contributed by atoms with Crippen molar-refractivity contribution in [1.29, 1.82) is 0 Å². The van der Waals surface area contributed by atoms with E-state index < -0.39 is 72.6 Å². The summed E-state index contributed by atoms with van der Waals surface area (Å²) in [4.78, 5) is 92.9. The molecule has 3 amide bonds. The lowest BCUT2D eigenvalue weighted by molar-refractivity contribution is -0.144. The Kier molecular flexibility index (Phi) is 23.8. The first-order chi connectivity index (χ1) is 22.2. The van der Waals surface area contributed by atoms with Crippen LogP contribution < -0.4 is 16.0 Å². The lowest BCUT2D eigenvalue weighted by Crippen LogP contribution is -2.45. The maximum atomic E-state index is 12.4. The van der Waals surface area contributed by atoms with E-state index in [-0.39, 0.29) is 44.3 Å². The third-order valence-corrected chi connectivity index (χ3v) is 7.55. The van der Waals surface area contributed by atoms with Gasteiger partial charge >= 0.3 is 23.9 Å². The molecule has 3 atom stereocenters. The topological polar surface area (TPSA) is 254 Å². The van der Waals surface area contributed by atoms with Gasteiger partial charge in [-0.3, -0.25) is 19.2 Å². The zero-order valence-corrected chi connectivity index (χ0v) is 27.4. The van der Waals surface area contributed by atoms with E-state index in [4.69, 9.17) is 5.11 Å². The van der Waals surface area contributed by atoms with Crippen LogP contribution in [0, 0.1) is 0 Å². The van der Waals surface area contributed by atoms with Crippen LogP contribution in [0.1, 0.15) is 135 Å². The van der Waals surface area contributed by atoms with E-state index in [9.17, 15) is 53.7 Å². The van der Waals surface area contributed by atoms with Gasteiger partial charge in [-0.2, -0.15) is 0 Å². The van der Waals surface area contributed by atoms with Gasteiger partial charge in [-0.1, -0.05) is 64.2 Å². The summed E-state index contributed by atoms with van der Waals surface area (Å²) in [6, 6.07) is -4.16. The first-order valence-electron chi connectivity index (χ1n) is 16.5. The quantitative estimate of drug-likeness (QED) is 0.0544. The van der Waals surface area contributed by atoms with Crippen LogP contribution in [0.3, 0.4) is 0 Å². The van der Waals surface area contributed by atoms with Crippen LogP contribution in [0.5, 0.6) is 0 Å². The maximum absolute atomic E-state index is 12.4. The van der Waals surface area contributed by atoms with Gasteiger partial charge in [-0.15, -0.1) is 0 Å². The molecule has 0 saturated heterocycles. The van der Waals surface area contributed by atoms with Gasteiger partial charge < -0.3 is 41.2 Å². The Bertz CT molecular complexity index is 1030. The number of carboxylic acids is 4. The van der Waals surface area contributed by atoms with Gasteiger partial charge in [0.15, 0.2) is 0 Å². The molecule has 0 heterocycles. The van der Waals surface area contributed by atoms with Crippen LogP contribution in [0.25, 0.3) is 0 Å². The van der Waals surface area contributed by atoms with Crippen molar-refractivity contribution >= 4 is 47.4 Å². The molecule has 0 aromatic rings. The number of nitrogens with one attached hydrogen (secondary N) is 3. The van der Waals surface area contributed by atoms with Crippen molar-refractivity contribution in [2.75, 3.05) is 0 Å². The standard InChI is InChI=1S/C32H53N3O12/c1-22(36)16-17-23(30(42)43)34-27(38)21-19-25(32(46)47)35-28(39)20-18-24(31(44)45)33-26(37)14-12-10-8-6-4-2-3-5-7-9-11-13-15-29(40)41/h23-25H,2-21H2,1H3,(H,33,37)(H,34,38)(H,35,39)(H,40,41)(H,42,43)(H,44,45)(H,46,47)/t23-,24?,25-/m0/s1. The predicted molar refractivity (Wildman–Crippen MR) is 169 cm³/mol. The zero-order chi connectivity index (χ0) is 35.6. The summed E-state index contributed by atoms with van der Waals surface area (Å²) in [6.07, 6.45) is 10.5. The number of aliphatic carboxylic acids is 4. The first kappa shape index (κ1) is 43.0. The van der Waals surface area contributed by atoms with Crippen molar-refractivity contribution in [1.82, 2.24) is 16.0 Å². The van der Waals surface area contributed by atoms with Gasteiger partial charge in [-0.05, 0) is 39.0 Å². The summed E-state index contributed by atoms with van der Waals surface area (Å²) in [5.74, 6) is -7.16. The zero-order valence-electron chi connectivity index (χ0n) is 27.4. The first-order valence-corrected chi connectivity index (χ1v) is 16.5. The van der Waals surface area contributed by atoms with Crippen LogP contribution in [0.15, 0.2) is 0 Å². The molecule has 0 fully saturated rings. The SMILES string of the molecule is CC(=O)CC[C@H](NC(=O)CC[C@H](NC(=O)CCC(NC(=O)CCCCCCCCCCCCCCC(=O)O)C(=O)O)C(=O)O)C(=O)O. The molecular weight excluding hydrogens is 618 g/mol. The predicted octanol–water partition coefficient (Wildman–Crippen LogP) is 3.17. The number of ketones is 1. The van der Waals surface area contributed by atoms with E-state index in [0.29, 0.717) is 6.42 Å². The van der Waals surface area contributed by atoms with Crippen molar-refractivity contribution < 1.29 is 58.8 Å². The number of Topliss-reactive ketones (excluding diaryl/α,β-unsaturated/α-hetero) is 1. The minimum Gasteiger partial charge on any atom is -0.481 e. The normalized spacial score (nSPS) is 12.7. The second-order valence-corrected chi connectivity index (χ2v) is 11.8. The third kappa shape index (κ3) is 24.8. The number of amides is 3. The second-order valence-electron chi connectivity index (χ2n) is 11.8. The van der Waals surface area contributed by atoms with Gasteiger partial charge in [0, 0.05) is 32.1 Å². The van der Waals surface area contributed by atoms with Crippen LogP contribution >= 0.6 is 0 Å². The second kappa shape index (κ2) is 26.1. The van der Waals surface area contributed by atoms with Crippen molar-refractivity contribution in [3.05, 3.63) is 0 Å². The molecular formula is C32H53N3O12. The minimum atomic E-state index is -1.49. The molecule has 15 nitrogen and oxygen atoms in total. The fourth-order valence-corrected chi connectivity index (χ4v) is 4.80. The van der Waals surface area contributed by atoms with E-state index in [1.807, 2.05) is 0 Å². The summed E-state index contributed by atoms with van der Waals surface area (Å²) >= 11 is 0. The van der Waals surface area contributed by atoms with E-state index in [1.165, 1.54) is 6.92 Å². The number of rotatable bonds is 30. The molecule has 0 aromatic carbocycles. The van der Waals surface area contributed by atoms with Crippen molar-refractivity contribution in [3.63, 3.8) is 0 Å². The van der Waals surface area contributed by atoms with Gasteiger partial charge in [0.25, 0.3) is 0 Å². The van der Waals surface area contributed by atoms with Crippen molar-refractivity contribution in [2.24, 2.45) is 0 Å². The Balaban J connectivity index is 4.29. The molecule has 15 heteroatoms. The number of carbonyl (C=O) groups is 8. The van der Waals surface area contributed by atoms with Crippen LogP contribution in [0.2, 0.25) is 0 Å². The molecule has 0 spiro atoms. The summed E-state index contributed by atoms with van der Waals surface area (Å²) in [6.45, 7) is 1.28. The Morgan fingerprint density at radius 2 is 0.681 bits per heavy atom. The fourth-order valence-electron chi connectivity index (χ4n) is 4.80. The van der Waals surface area contributed by atoms with E-state index in [0.717, 1.165) is 70.6 Å². The highest BCUT2D eigenvalue weighted by Crippen LogP contribution is 2.13. The van der Waals surface area contributed by atoms with Crippen LogP contribution in [-0.4, -0.2) is 85.9 Å². The molecule has 0 aliphatic carbocycles. The molecule has 0 radical (unpaired) electrons. The molecule has 0 aromatic heterocycles. The van der Waals surface area contributed by atoms with Gasteiger partial charge in [0.2, 0.25) is 17.7 Å². The summed E-state index contributed by atoms with van der Waals surface area (Å²) in [7, 11) is 0. The molecule has 7 N–H and O–H groups in total. The van der Waals surface area contributed by atoms with Gasteiger partial charge in [-0.25, -0.2) is 14.4 Å². The number of carbonyl (C=O) groups excluding carboxylic acids is 4. The average Bonchev–Trinajstić information content (AvgIpc) is 2.98. The molecule has 0 aliphatic rings. The van der Waals surface area contributed by atoms with Gasteiger partial charge in [0.05, 0.1) is 0 Å². The van der Waals surface area contributed by atoms with Crippen molar-refractivity contribution in [3.8, 4) is 0 Å². The van der Waals surface area contributed by atoms with E-state index in [1.54, 1.807) is 0 Å². The maximum Gasteiger partial charge on any atom is 0.326 e. The number of unbranched alkanes of at least 4 members (excludes halogenated alkanes) is 11. The summed E-state index contributed by atoms with van der Waals surface area (Å²) in [5, 5.41) is 43.5. The summed E-state index contributed by atoms with van der Waals surface area (Å²) in [5.41, 5.74) is 0. The van der Waals surface area contributed by atoms with E-state index >= 15 is 0 Å². The molecule has 268 valence electrons. The number of carboxylic acid groups (broad SMARTS) is 4.